The lowest BCUT2D eigenvalue weighted by Gasteiger charge is -2.13. The maximum atomic E-state index is 10.4. The van der Waals surface area contributed by atoms with Crippen LogP contribution in [0.25, 0.3) is 0 Å². The lowest BCUT2D eigenvalue weighted by atomic mass is 10.1. The molecule has 0 aliphatic heterocycles. The van der Waals surface area contributed by atoms with Crippen LogP contribution in [0.15, 0.2) is 24.3 Å². The average molecular weight is 441 g/mol. The van der Waals surface area contributed by atoms with Crippen LogP contribution >= 0.6 is 0 Å². The van der Waals surface area contributed by atoms with Gasteiger partial charge in [0.15, 0.2) is 11.5 Å². The second-order valence-electron chi connectivity index (χ2n) is 5.74. The van der Waals surface area contributed by atoms with Crippen LogP contribution < -0.4 is 19.9 Å². The normalized spacial score (nSPS) is 9.81. The number of ether oxygens (including phenoxy) is 3. The van der Waals surface area contributed by atoms with Gasteiger partial charge in [-0.25, -0.2) is 0 Å². The monoisotopic (exact) mass is 441 g/mol. The Morgan fingerprint density at radius 1 is 0.839 bits per heavy atom. The van der Waals surface area contributed by atoms with Gasteiger partial charge in [0.1, 0.15) is 0 Å². The van der Waals surface area contributed by atoms with Crippen molar-refractivity contribution in [1.82, 2.24) is 0 Å². The summed E-state index contributed by atoms with van der Waals surface area (Å²) in [6, 6.07) is 4.80. The fourth-order valence-electron chi connectivity index (χ4n) is 2.46. The molecular formula is C17H21N4O10+. The van der Waals surface area contributed by atoms with Crippen molar-refractivity contribution < 1.29 is 39.8 Å². The highest BCUT2D eigenvalue weighted by Gasteiger charge is 2.30. The van der Waals surface area contributed by atoms with Crippen LogP contribution in [0.3, 0.4) is 0 Å². The zero-order valence-corrected chi connectivity index (χ0v) is 16.9. The average Bonchev–Trinajstić information content (AvgIpc) is 2.73. The Kier molecular flexibility index (Phi) is 8.90. The Morgan fingerprint density at radius 2 is 1.29 bits per heavy atom. The van der Waals surface area contributed by atoms with E-state index in [9.17, 15) is 30.3 Å². The lowest BCUT2D eigenvalue weighted by Crippen LogP contribution is -2.51. The fraction of sp³-hybridized carbons (Fsp3) is 0.294. The van der Waals surface area contributed by atoms with Crippen molar-refractivity contribution in [2.75, 3.05) is 27.9 Å². The number of phenols is 1. The number of rotatable bonds is 8. The molecule has 0 aliphatic carbocycles. The van der Waals surface area contributed by atoms with Crippen molar-refractivity contribution in [2.45, 2.75) is 6.42 Å². The van der Waals surface area contributed by atoms with Gasteiger partial charge in [0.2, 0.25) is 5.75 Å². The van der Waals surface area contributed by atoms with E-state index in [1.54, 1.807) is 21.3 Å². The van der Waals surface area contributed by atoms with E-state index in [4.69, 9.17) is 19.3 Å². The van der Waals surface area contributed by atoms with Crippen LogP contribution in [0.2, 0.25) is 0 Å². The number of methoxy groups -OCH3 is 3. The van der Waals surface area contributed by atoms with E-state index in [0.29, 0.717) is 29.4 Å². The smallest absolute Gasteiger partial charge is 0.324 e. The van der Waals surface area contributed by atoms with E-state index in [1.165, 1.54) is 0 Å². The van der Waals surface area contributed by atoms with Crippen molar-refractivity contribution in [3.8, 4) is 23.0 Å². The number of hydrogen-bond acceptors (Lipinski definition) is 10. The molecule has 14 heteroatoms. The van der Waals surface area contributed by atoms with Gasteiger partial charge < -0.3 is 25.1 Å². The summed E-state index contributed by atoms with van der Waals surface area (Å²) in [7, 11) is 4.83. The third-order valence-corrected chi connectivity index (χ3v) is 3.85. The molecule has 0 saturated carbocycles. The van der Waals surface area contributed by atoms with E-state index in [2.05, 4.69) is 5.73 Å². The minimum absolute atomic E-state index is 0.447. The summed E-state index contributed by atoms with van der Waals surface area (Å²) < 4.78 is 15.7. The number of quaternary nitrogens is 1. The Bertz CT molecular complexity index is 919. The number of nitrogens with zero attached hydrogens (tertiary/aromatic N) is 3. The number of nitro benzene ring substituents is 3. The Labute approximate surface area is 175 Å². The van der Waals surface area contributed by atoms with Crippen LogP contribution in [-0.2, 0) is 6.42 Å². The van der Waals surface area contributed by atoms with Crippen LogP contribution in [-0.4, -0.2) is 47.8 Å². The molecule has 0 atom stereocenters. The zero-order chi connectivity index (χ0) is 23.7. The molecule has 2 aromatic rings. The predicted molar refractivity (Wildman–Crippen MR) is 106 cm³/mol. The molecule has 0 amide bonds. The summed E-state index contributed by atoms with van der Waals surface area (Å²) >= 11 is 0. The van der Waals surface area contributed by atoms with Crippen molar-refractivity contribution in [1.29, 1.82) is 0 Å². The quantitative estimate of drug-likeness (QED) is 0.447. The van der Waals surface area contributed by atoms with E-state index in [1.807, 2.05) is 12.1 Å². The van der Waals surface area contributed by atoms with Crippen LogP contribution in [0.5, 0.6) is 23.0 Å². The highest BCUT2D eigenvalue weighted by molar-refractivity contribution is 5.64. The van der Waals surface area contributed by atoms with Crippen LogP contribution in [0.4, 0.5) is 17.1 Å². The molecular weight excluding hydrogens is 420 g/mol. The highest BCUT2D eigenvalue weighted by Crippen LogP contribution is 2.39. The Hall–Kier alpha value is -4.20. The SMILES string of the molecule is COc1cc(CC[NH3+])cc(OC)c1OC.O=[N+]([O-])c1cc([N+](=O)[O-])c(O)c([N+](=O)[O-])c1. The molecule has 14 nitrogen and oxygen atoms in total. The molecule has 0 aliphatic rings. The molecule has 0 bridgehead atoms. The molecule has 168 valence electrons. The first-order valence-electron chi connectivity index (χ1n) is 8.49. The van der Waals surface area contributed by atoms with Gasteiger partial charge in [0.25, 0.3) is 11.4 Å². The van der Waals surface area contributed by atoms with E-state index >= 15 is 0 Å². The number of nitro groups is 3. The van der Waals surface area contributed by atoms with Crippen molar-refractivity contribution in [3.63, 3.8) is 0 Å². The van der Waals surface area contributed by atoms with Gasteiger partial charge in [-0.2, -0.15) is 0 Å². The molecule has 0 heterocycles. The molecule has 0 unspecified atom stereocenters. The minimum atomic E-state index is -1.21. The van der Waals surface area contributed by atoms with E-state index in [-0.39, 0.29) is 0 Å². The number of phenolic OH excluding ortho intramolecular Hbond substituents is 1. The van der Waals surface area contributed by atoms with E-state index in [0.717, 1.165) is 18.5 Å². The van der Waals surface area contributed by atoms with Crippen LogP contribution in [0, 0.1) is 30.3 Å². The molecule has 0 aromatic heterocycles. The predicted octanol–water partition coefficient (Wildman–Crippen LogP) is 1.61. The topological polar surface area (TPSA) is 205 Å². The molecule has 0 saturated heterocycles. The molecule has 0 spiro atoms. The highest BCUT2D eigenvalue weighted by atomic mass is 16.6. The number of aromatic hydroxyl groups is 1. The third-order valence-electron chi connectivity index (χ3n) is 3.85. The molecule has 0 radical (unpaired) electrons. The summed E-state index contributed by atoms with van der Waals surface area (Å²) in [5, 5.41) is 40.2. The summed E-state index contributed by atoms with van der Waals surface area (Å²) in [6.45, 7) is 0.846. The first-order chi connectivity index (χ1) is 14.6. The maximum absolute atomic E-state index is 10.4. The van der Waals surface area contributed by atoms with Crippen molar-refractivity contribution in [2.24, 2.45) is 0 Å². The van der Waals surface area contributed by atoms with Gasteiger partial charge in [0, 0.05) is 6.42 Å². The summed E-state index contributed by atoms with van der Waals surface area (Å²) in [6.07, 6.45) is 0.900. The van der Waals surface area contributed by atoms with Crippen molar-refractivity contribution >= 4 is 17.1 Å². The molecule has 2 aromatic carbocycles. The van der Waals surface area contributed by atoms with Gasteiger partial charge >= 0.3 is 11.4 Å². The van der Waals surface area contributed by atoms with E-state index < -0.39 is 37.6 Å². The van der Waals surface area contributed by atoms with Gasteiger partial charge in [-0.3, -0.25) is 30.3 Å². The number of non-ortho nitro benzene ring substituents is 1. The van der Waals surface area contributed by atoms with Gasteiger partial charge in [-0.05, 0) is 17.7 Å². The maximum Gasteiger partial charge on any atom is 0.324 e. The standard InChI is InChI=1S/C11H17NO3.C6H3N3O7/c1-13-9-6-8(4-5-12)7-10(14-2)11(9)15-3;10-6-4(8(13)14)1-3(7(11)12)2-5(6)9(15)16/h6-7H,4-5,12H2,1-3H3;1-2,10H/p+1. The second kappa shape index (κ2) is 11.1. The Balaban J connectivity index is 0.000000311. The number of benzene rings is 2. The third kappa shape index (κ3) is 6.14. The van der Waals surface area contributed by atoms with Crippen LogP contribution in [0.1, 0.15) is 5.56 Å². The summed E-state index contributed by atoms with van der Waals surface area (Å²) in [4.78, 5) is 27.8. The summed E-state index contributed by atoms with van der Waals surface area (Å²) in [5.41, 5.74) is 1.96. The summed E-state index contributed by atoms with van der Waals surface area (Å²) in [5.74, 6) is 0.814. The Morgan fingerprint density at radius 3 is 1.58 bits per heavy atom. The lowest BCUT2D eigenvalue weighted by molar-refractivity contribution is -0.404. The zero-order valence-electron chi connectivity index (χ0n) is 16.9. The first-order valence-corrected chi connectivity index (χ1v) is 8.49. The molecule has 31 heavy (non-hydrogen) atoms. The first kappa shape index (κ1) is 24.8. The second-order valence-corrected chi connectivity index (χ2v) is 5.74. The number of hydrogen-bond donors (Lipinski definition) is 2. The largest absolute Gasteiger partial charge is 0.497 e. The fourth-order valence-corrected chi connectivity index (χ4v) is 2.46. The molecule has 2 rings (SSSR count). The molecule has 0 fully saturated rings. The van der Waals surface area contributed by atoms with Gasteiger partial charge in [-0.15, -0.1) is 0 Å². The van der Waals surface area contributed by atoms with Gasteiger partial charge in [-0.1, -0.05) is 0 Å². The van der Waals surface area contributed by atoms with Crippen molar-refractivity contribution in [3.05, 3.63) is 60.2 Å². The minimum Gasteiger partial charge on any atom is -0.497 e. The molecule has 4 N–H and O–H groups in total. The van der Waals surface area contributed by atoms with Gasteiger partial charge in [0.05, 0.1) is 54.8 Å².